The highest BCUT2D eigenvalue weighted by molar-refractivity contribution is 5.93. The molecule has 16 heavy (non-hydrogen) atoms. The van der Waals surface area contributed by atoms with Crippen LogP contribution in [0.1, 0.15) is 23.2 Å². The fourth-order valence-electron chi connectivity index (χ4n) is 2.71. The third kappa shape index (κ3) is 1.61. The zero-order valence-electron chi connectivity index (χ0n) is 9.06. The van der Waals surface area contributed by atoms with Gasteiger partial charge in [0.15, 0.2) is 0 Å². The molecule has 2 fully saturated rings. The summed E-state index contributed by atoms with van der Waals surface area (Å²) in [6.45, 7) is 2.76. The van der Waals surface area contributed by atoms with Crippen LogP contribution in [0.5, 0.6) is 0 Å². The number of fused-ring (bicyclic) bond motifs is 1. The van der Waals surface area contributed by atoms with Crippen LogP contribution in [0.25, 0.3) is 0 Å². The predicted molar refractivity (Wildman–Crippen MR) is 56.9 cm³/mol. The number of nitrogens with one attached hydrogen (secondary N) is 1. The smallest absolute Gasteiger partial charge is 0.258 e. The lowest BCUT2D eigenvalue weighted by Crippen LogP contribution is -2.48. The van der Waals surface area contributed by atoms with E-state index in [2.05, 4.69) is 10.5 Å². The van der Waals surface area contributed by atoms with Crippen molar-refractivity contribution in [1.29, 1.82) is 0 Å². The number of nitrogens with zero attached hydrogens (tertiary/aromatic N) is 2. The molecule has 5 nitrogen and oxygen atoms in total. The van der Waals surface area contributed by atoms with Gasteiger partial charge in [-0.05, 0) is 25.3 Å². The Labute approximate surface area is 93.8 Å². The Hall–Kier alpha value is -1.36. The third-order valence-electron chi connectivity index (χ3n) is 3.64. The molecule has 0 bridgehead atoms. The summed E-state index contributed by atoms with van der Waals surface area (Å²) in [5.41, 5.74) is 0.552. The zero-order valence-corrected chi connectivity index (χ0v) is 9.06. The molecule has 0 spiro atoms. The second kappa shape index (κ2) is 3.90. The van der Waals surface area contributed by atoms with E-state index in [0.29, 0.717) is 11.6 Å². The van der Waals surface area contributed by atoms with Crippen LogP contribution in [-0.4, -0.2) is 41.6 Å². The molecule has 2 atom stereocenters. The van der Waals surface area contributed by atoms with Crippen LogP contribution in [0.3, 0.4) is 0 Å². The normalized spacial score (nSPS) is 29.1. The molecule has 2 saturated heterocycles. The molecule has 2 aliphatic heterocycles. The molecule has 3 heterocycles. The number of likely N-dealkylation sites (tertiary alicyclic amines) is 1. The third-order valence-corrected chi connectivity index (χ3v) is 3.64. The maximum absolute atomic E-state index is 12.0. The molecule has 1 aromatic rings. The average molecular weight is 221 g/mol. The Morgan fingerprint density at radius 3 is 3.31 bits per heavy atom. The fraction of sp³-hybridized carbons (Fsp3) is 0.636. The van der Waals surface area contributed by atoms with E-state index in [-0.39, 0.29) is 5.91 Å². The Morgan fingerprint density at radius 1 is 1.56 bits per heavy atom. The number of carbonyl (C=O) groups excluding carboxylic acids is 1. The highest BCUT2D eigenvalue weighted by Crippen LogP contribution is 2.25. The summed E-state index contributed by atoms with van der Waals surface area (Å²) in [5.74, 6) is 0.792. The van der Waals surface area contributed by atoms with E-state index in [1.165, 1.54) is 18.9 Å². The summed E-state index contributed by atoms with van der Waals surface area (Å²) in [6, 6.07) is 0.484. The molecule has 0 radical (unpaired) electrons. The fourth-order valence-corrected chi connectivity index (χ4v) is 2.71. The van der Waals surface area contributed by atoms with E-state index in [1.807, 2.05) is 4.90 Å². The lowest BCUT2D eigenvalue weighted by atomic mass is 9.92. The second-order valence-corrected chi connectivity index (χ2v) is 4.56. The minimum atomic E-state index is 0.0356. The van der Waals surface area contributed by atoms with Crippen LogP contribution in [0, 0.1) is 5.92 Å². The van der Waals surface area contributed by atoms with Crippen LogP contribution in [0.4, 0.5) is 0 Å². The van der Waals surface area contributed by atoms with E-state index in [0.717, 1.165) is 32.0 Å². The van der Waals surface area contributed by atoms with Gasteiger partial charge in [-0.25, -0.2) is 0 Å². The van der Waals surface area contributed by atoms with Crippen molar-refractivity contribution >= 4 is 5.91 Å². The van der Waals surface area contributed by atoms with Gasteiger partial charge in [-0.15, -0.1) is 0 Å². The topological polar surface area (TPSA) is 58.4 Å². The van der Waals surface area contributed by atoms with Gasteiger partial charge >= 0.3 is 0 Å². The molecule has 3 rings (SSSR count). The number of aromatic nitrogens is 1. The lowest BCUT2D eigenvalue weighted by Gasteiger charge is -2.34. The number of rotatable bonds is 1. The van der Waals surface area contributed by atoms with Crippen molar-refractivity contribution in [3.05, 3.63) is 18.0 Å². The highest BCUT2D eigenvalue weighted by Gasteiger charge is 2.34. The summed E-state index contributed by atoms with van der Waals surface area (Å²) in [6.07, 6.45) is 5.25. The van der Waals surface area contributed by atoms with E-state index >= 15 is 0 Å². The molecule has 0 aliphatic carbocycles. The number of carbonyl (C=O) groups is 1. The van der Waals surface area contributed by atoms with Gasteiger partial charge in [0.1, 0.15) is 6.26 Å². The summed E-state index contributed by atoms with van der Waals surface area (Å²) in [5, 5.41) is 7.02. The first-order chi connectivity index (χ1) is 7.84. The first-order valence-corrected chi connectivity index (χ1v) is 5.76. The molecule has 1 amide bonds. The highest BCUT2D eigenvalue weighted by atomic mass is 16.5. The summed E-state index contributed by atoms with van der Waals surface area (Å²) in [4.78, 5) is 13.9. The van der Waals surface area contributed by atoms with Gasteiger partial charge in [-0.1, -0.05) is 5.16 Å². The number of amides is 1. The Morgan fingerprint density at radius 2 is 2.50 bits per heavy atom. The van der Waals surface area contributed by atoms with Gasteiger partial charge in [0.2, 0.25) is 0 Å². The van der Waals surface area contributed by atoms with Crippen LogP contribution < -0.4 is 5.32 Å². The maximum Gasteiger partial charge on any atom is 0.258 e. The maximum atomic E-state index is 12.0. The van der Waals surface area contributed by atoms with E-state index < -0.39 is 0 Å². The number of hydrogen-bond acceptors (Lipinski definition) is 4. The predicted octanol–water partition coefficient (Wildman–Crippen LogP) is 0.499. The van der Waals surface area contributed by atoms with Crippen LogP contribution >= 0.6 is 0 Å². The van der Waals surface area contributed by atoms with Gasteiger partial charge < -0.3 is 14.7 Å². The molecule has 5 heteroatoms. The Kier molecular flexibility index (Phi) is 2.40. The van der Waals surface area contributed by atoms with Gasteiger partial charge in [0.05, 0.1) is 11.8 Å². The molecule has 86 valence electrons. The Bertz CT molecular complexity index is 377. The molecule has 1 aromatic heterocycles. The van der Waals surface area contributed by atoms with Gasteiger partial charge in [0.25, 0.3) is 5.91 Å². The first kappa shape index (κ1) is 9.84. The van der Waals surface area contributed by atoms with Crippen molar-refractivity contribution in [2.45, 2.75) is 18.9 Å². The zero-order chi connectivity index (χ0) is 11.0. The van der Waals surface area contributed by atoms with E-state index in [4.69, 9.17) is 4.52 Å². The molecule has 2 unspecified atom stereocenters. The van der Waals surface area contributed by atoms with Gasteiger partial charge in [-0.2, -0.15) is 0 Å². The summed E-state index contributed by atoms with van der Waals surface area (Å²) < 4.78 is 4.70. The van der Waals surface area contributed by atoms with E-state index in [9.17, 15) is 4.79 Å². The molecular formula is C11H15N3O2. The van der Waals surface area contributed by atoms with Crippen LogP contribution in [-0.2, 0) is 0 Å². The minimum absolute atomic E-state index is 0.0356. The van der Waals surface area contributed by atoms with Crippen LogP contribution in [0.2, 0.25) is 0 Å². The molecule has 0 saturated carbocycles. The standard InChI is InChI=1S/C11H15N3O2/c15-11(9-5-13-16-7-9)14-4-2-8-1-3-12-10(8)6-14/h5,7-8,10,12H,1-4,6H2. The lowest BCUT2D eigenvalue weighted by molar-refractivity contribution is 0.0668. The van der Waals surface area contributed by atoms with Gasteiger partial charge in [0, 0.05) is 19.1 Å². The Balaban J connectivity index is 1.70. The van der Waals surface area contributed by atoms with Gasteiger partial charge in [-0.3, -0.25) is 4.79 Å². The van der Waals surface area contributed by atoms with Crippen molar-refractivity contribution < 1.29 is 9.32 Å². The monoisotopic (exact) mass is 221 g/mol. The SMILES string of the molecule is O=C(c1cnoc1)N1CCC2CCNC2C1. The van der Waals surface area contributed by atoms with Crippen molar-refractivity contribution in [3.63, 3.8) is 0 Å². The summed E-state index contributed by atoms with van der Waals surface area (Å²) in [7, 11) is 0. The van der Waals surface area contributed by atoms with Crippen molar-refractivity contribution in [1.82, 2.24) is 15.4 Å². The molecular weight excluding hydrogens is 206 g/mol. The minimum Gasteiger partial charge on any atom is -0.364 e. The summed E-state index contributed by atoms with van der Waals surface area (Å²) >= 11 is 0. The molecule has 2 aliphatic rings. The second-order valence-electron chi connectivity index (χ2n) is 4.56. The largest absolute Gasteiger partial charge is 0.364 e. The van der Waals surface area contributed by atoms with Crippen molar-refractivity contribution in [2.75, 3.05) is 19.6 Å². The average Bonchev–Trinajstić information content (AvgIpc) is 2.98. The van der Waals surface area contributed by atoms with Crippen molar-refractivity contribution in [2.24, 2.45) is 5.92 Å². The van der Waals surface area contributed by atoms with E-state index in [1.54, 1.807) is 0 Å². The molecule has 0 aromatic carbocycles. The van der Waals surface area contributed by atoms with Crippen molar-refractivity contribution in [3.8, 4) is 0 Å². The number of hydrogen-bond donors (Lipinski definition) is 1. The first-order valence-electron chi connectivity index (χ1n) is 5.76. The number of piperidine rings is 1. The van der Waals surface area contributed by atoms with Crippen LogP contribution in [0.15, 0.2) is 17.0 Å². The quantitative estimate of drug-likeness (QED) is 0.750. The molecule has 1 N–H and O–H groups in total.